The van der Waals surface area contributed by atoms with Crippen LogP contribution in [0.3, 0.4) is 0 Å². The van der Waals surface area contributed by atoms with Crippen LogP contribution in [0.15, 0.2) is 52.5 Å². The van der Waals surface area contributed by atoms with Gasteiger partial charge in [0.1, 0.15) is 11.4 Å². The van der Waals surface area contributed by atoms with Gasteiger partial charge in [0, 0.05) is 24.5 Å². The lowest BCUT2D eigenvalue weighted by atomic mass is 10.1. The smallest absolute Gasteiger partial charge is 0.416 e. The van der Waals surface area contributed by atoms with E-state index in [1.54, 1.807) is 24.4 Å². The summed E-state index contributed by atoms with van der Waals surface area (Å²) in [5.74, 6) is -0.222. The molecule has 3 aromatic rings. The van der Waals surface area contributed by atoms with Crippen LogP contribution in [0.25, 0.3) is 17.0 Å². The minimum absolute atomic E-state index is 0.0726. The molecule has 0 radical (unpaired) electrons. The molecule has 2 aliphatic heterocycles. The van der Waals surface area contributed by atoms with E-state index in [9.17, 15) is 22.8 Å². The van der Waals surface area contributed by atoms with Crippen LogP contribution in [0.2, 0.25) is 0 Å². The van der Waals surface area contributed by atoms with Crippen molar-refractivity contribution in [3.63, 3.8) is 0 Å². The van der Waals surface area contributed by atoms with E-state index in [2.05, 4.69) is 15.4 Å². The average Bonchev–Trinajstić information content (AvgIpc) is 3.50. The number of alkyl halides is 3. The fourth-order valence-corrected chi connectivity index (χ4v) is 5.94. The lowest BCUT2D eigenvalue weighted by Crippen LogP contribution is -2.49. The minimum Gasteiger partial charge on any atom is -0.497 e. The number of hydrogen-bond acceptors (Lipinski definition) is 7. The maximum absolute atomic E-state index is 13.7. The number of hydrogen-bond donors (Lipinski definition) is 1. The number of thioether (sulfide) groups is 1. The number of ether oxygens (including phenoxy) is 2. The third-order valence-corrected chi connectivity index (χ3v) is 7.97. The summed E-state index contributed by atoms with van der Waals surface area (Å²) in [7, 11) is 1.32. The van der Waals surface area contributed by atoms with Gasteiger partial charge in [0.25, 0.3) is 5.91 Å². The molecule has 0 spiro atoms. The molecule has 1 fully saturated rings. The van der Waals surface area contributed by atoms with Crippen molar-refractivity contribution < 1.29 is 32.2 Å². The zero-order chi connectivity index (χ0) is 30.9. The molecule has 2 aliphatic rings. The molecule has 1 aromatic heterocycles. The van der Waals surface area contributed by atoms with Gasteiger partial charge in [0.05, 0.1) is 35.8 Å². The van der Waals surface area contributed by atoms with Gasteiger partial charge >= 0.3 is 12.3 Å². The topological polar surface area (TPSA) is 98.1 Å². The molecule has 0 bridgehead atoms. The number of halogens is 3. The molecular weight excluding hydrogens is 583 g/mol. The van der Waals surface area contributed by atoms with Crippen molar-refractivity contribution in [2.45, 2.75) is 58.0 Å². The first-order chi connectivity index (χ1) is 20.3. The molecule has 1 atom stereocenters. The third kappa shape index (κ3) is 7.32. The number of nitrogens with one attached hydrogen (secondary N) is 1. The molecule has 2 aromatic carbocycles. The molecule has 228 valence electrons. The number of carbonyl (C=O) groups is 2. The summed E-state index contributed by atoms with van der Waals surface area (Å²) in [5.41, 5.74) is 0.104. The fourth-order valence-electron chi connectivity index (χ4n) is 4.99. The molecule has 0 aliphatic carbocycles. The van der Waals surface area contributed by atoms with Crippen molar-refractivity contribution in [2.75, 3.05) is 20.2 Å². The van der Waals surface area contributed by atoms with E-state index in [0.717, 1.165) is 29.9 Å². The molecule has 43 heavy (non-hydrogen) atoms. The molecule has 9 nitrogen and oxygen atoms in total. The van der Waals surface area contributed by atoms with E-state index in [1.807, 2.05) is 31.7 Å². The highest BCUT2D eigenvalue weighted by Crippen LogP contribution is 2.36. The Bertz CT molecular complexity index is 1610. The molecule has 1 unspecified atom stereocenters. The molecule has 3 heterocycles. The Balaban J connectivity index is 1.27. The number of piperidine rings is 1. The Morgan fingerprint density at radius 1 is 1.19 bits per heavy atom. The van der Waals surface area contributed by atoms with Crippen LogP contribution in [0.5, 0.6) is 5.75 Å². The van der Waals surface area contributed by atoms with Crippen LogP contribution in [0, 0.1) is 0 Å². The fraction of sp³-hybridized carbons (Fsp3) is 0.400. The normalized spacial score (nSPS) is 18.7. The maximum Gasteiger partial charge on any atom is 0.416 e. The number of nitrogens with zero attached hydrogens (tertiary/aromatic N) is 4. The summed E-state index contributed by atoms with van der Waals surface area (Å²) < 4.78 is 53.0. The highest BCUT2D eigenvalue weighted by Gasteiger charge is 2.34. The van der Waals surface area contributed by atoms with Crippen molar-refractivity contribution in [3.05, 3.63) is 64.2 Å². The minimum atomic E-state index is -4.54. The summed E-state index contributed by atoms with van der Waals surface area (Å²) in [6.45, 7) is 6.58. The summed E-state index contributed by atoms with van der Waals surface area (Å²) in [6.07, 6.45) is -0.0527. The number of aromatic nitrogens is 2. The summed E-state index contributed by atoms with van der Waals surface area (Å²) in [4.78, 5) is 31.7. The van der Waals surface area contributed by atoms with E-state index >= 15 is 0 Å². The highest BCUT2D eigenvalue weighted by atomic mass is 32.2. The predicted octanol–water partition coefficient (Wildman–Crippen LogP) is 6.07. The van der Waals surface area contributed by atoms with Gasteiger partial charge < -0.3 is 19.7 Å². The SMILES string of the molecule is COc1ccc(Cn2ncc3cc(C=C4SC(N5CCCC(NC(=O)OC(C)(C)C)C5)=NC4=O)ccc32)c(C(F)(F)F)c1. The van der Waals surface area contributed by atoms with E-state index in [0.29, 0.717) is 28.7 Å². The standard InChI is InChI=1S/C30H32F3N5O4S/c1-29(2,3)42-28(40)35-21-6-5-11-37(17-21)27-36-26(39)25(43-27)13-18-7-10-24-20(12-18)15-34-38(24)16-19-8-9-22(41-4)14-23(19)30(31,32)33/h7-10,12-15,21H,5-6,11,16-17H2,1-4H3,(H,35,40). The number of likely N-dealkylation sites (tertiary alicyclic amines) is 1. The lowest BCUT2D eigenvalue weighted by Gasteiger charge is -2.34. The van der Waals surface area contributed by atoms with Gasteiger partial charge in [-0.15, -0.1) is 0 Å². The number of fused-ring (bicyclic) bond motifs is 1. The summed E-state index contributed by atoms with van der Waals surface area (Å²) in [6, 6.07) is 9.15. The van der Waals surface area contributed by atoms with Gasteiger partial charge in [0.2, 0.25) is 0 Å². The quantitative estimate of drug-likeness (QED) is 0.348. The maximum atomic E-state index is 13.7. The van der Waals surface area contributed by atoms with Crippen molar-refractivity contribution >= 4 is 45.9 Å². The first-order valence-corrected chi connectivity index (χ1v) is 14.6. The number of amidine groups is 1. The van der Waals surface area contributed by atoms with Crippen molar-refractivity contribution in [2.24, 2.45) is 4.99 Å². The predicted molar refractivity (Wildman–Crippen MR) is 159 cm³/mol. The molecule has 0 saturated carbocycles. The number of methoxy groups -OCH3 is 1. The number of alkyl carbamates (subject to hydrolysis) is 1. The second-order valence-electron chi connectivity index (χ2n) is 11.4. The van der Waals surface area contributed by atoms with Gasteiger partial charge in [-0.2, -0.15) is 23.3 Å². The second-order valence-corrected chi connectivity index (χ2v) is 12.4. The van der Waals surface area contributed by atoms with E-state index in [4.69, 9.17) is 9.47 Å². The molecule has 1 saturated heterocycles. The zero-order valence-electron chi connectivity index (χ0n) is 24.2. The number of carbonyl (C=O) groups excluding carboxylic acids is 2. The van der Waals surface area contributed by atoms with Crippen LogP contribution in [-0.4, -0.2) is 63.7 Å². The Kier molecular flexibility index (Phi) is 8.46. The summed E-state index contributed by atoms with van der Waals surface area (Å²) in [5, 5.41) is 8.53. The number of aliphatic imine (C=N–C) groups is 1. The monoisotopic (exact) mass is 615 g/mol. The van der Waals surface area contributed by atoms with Crippen LogP contribution in [-0.2, 0) is 22.3 Å². The Hall–Kier alpha value is -4.00. The van der Waals surface area contributed by atoms with Crippen LogP contribution >= 0.6 is 11.8 Å². The first kappa shape index (κ1) is 30.5. The largest absolute Gasteiger partial charge is 0.497 e. The van der Waals surface area contributed by atoms with Crippen molar-refractivity contribution in [3.8, 4) is 5.75 Å². The molecule has 1 N–H and O–H groups in total. The average molecular weight is 616 g/mol. The number of benzene rings is 2. The van der Waals surface area contributed by atoms with E-state index in [-0.39, 0.29) is 29.8 Å². The number of amides is 2. The highest BCUT2D eigenvalue weighted by molar-refractivity contribution is 8.18. The van der Waals surface area contributed by atoms with Gasteiger partial charge in [-0.05, 0) is 86.8 Å². The summed E-state index contributed by atoms with van der Waals surface area (Å²) >= 11 is 1.28. The second kappa shape index (κ2) is 11.9. The Morgan fingerprint density at radius 2 is 1.98 bits per heavy atom. The van der Waals surface area contributed by atoms with Crippen LogP contribution in [0.1, 0.15) is 50.3 Å². The van der Waals surface area contributed by atoms with Crippen LogP contribution in [0.4, 0.5) is 18.0 Å². The molecule has 2 amide bonds. The van der Waals surface area contributed by atoms with Gasteiger partial charge in [-0.25, -0.2) is 4.79 Å². The van der Waals surface area contributed by atoms with Gasteiger partial charge in [0.15, 0.2) is 5.17 Å². The van der Waals surface area contributed by atoms with Crippen molar-refractivity contribution in [1.29, 1.82) is 0 Å². The lowest BCUT2D eigenvalue weighted by molar-refractivity contribution is -0.138. The molecule has 5 rings (SSSR count). The third-order valence-electron chi connectivity index (χ3n) is 6.93. The van der Waals surface area contributed by atoms with Gasteiger partial charge in [-0.1, -0.05) is 12.1 Å². The molecule has 13 heteroatoms. The Morgan fingerprint density at radius 3 is 2.70 bits per heavy atom. The van der Waals surface area contributed by atoms with Crippen LogP contribution < -0.4 is 10.1 Å². The number of rotatable bonds is 5. The van der Waals surface area contributed by atoms with Crippen molar-refractivity contribution in [1.82, 2.24) is 20.0 Å². The van der Waals surface area contributed by atoms with E-state index < -0.39 is 23.4 Å². The molecular formula is C30H32F3N5O4S. The zero-order valence-corrected chi connectivity index (χ0v) is 25.0. The van der Waals surface area contributed by atoms with E-state index in [1.165, 1.54) is 35.7 Å². The first-order valence-electron chi connectivity index (χ1n) is 13.8. The Labute approximate surface area is 251 Å². The van der Waals surface area contributed by atoms with Gasteiger partial charge in [-0.3, -0.25) is 9.48 Å².